The number of nitrogens with one attached hydrogen (secondary N) is 1. The zero-order valence-electron chi connectivity index (χ0n) is 12.4. The van der Waals surface area contributed by atoms with Crippen molar-refractivity contribution in [3.05, 3.63) is 28.7 Å². The van der Waals surface area contributed by atoms with Gasteiger partial charge in [-0.15, -0.1) is 0 Å². The molecule has 4 heteroatoms. The number of ether oxygens (including phenoxy) is 1. The monoisotopic (exact) mass is 340 g/mol. The molecule has 1 N–H and O–H groups in total. The Kier molecular flexibility index (Phi) is 6.33. The van der Waals surface area contributed by atoms with Crippen molar-refractivity contribution in [2.75, 3.05) is 26.2 Å². The quantitative estimate of drug-likeness (QED) is 0.859. The zero-order chi connectivity index (χ0) is 14.4. The molecule has 1 aromatic rings. The molecule has 1 aromatic carbocycles. The van der Waals surface area contributed by atoms with Crippen molar-refractivity contribution in [2.45, 2.75) is 38.8 Å². The highest BCUT2D eigenvalue weighted by atomic mass is 79.9. The maximum atomic E-state index is 5.82. The molecule has 1 saturated heterocycles. The van der Waals surface area contributed by atoms with E-state index in [1.165, 1.54) is 12.8 Å². The van der Waals surface area contributed by atoms with E-state index in [2.05, 4.69) is 40.0 Å². The van der Waals surface area contributed by atoms with Gasteiger partial charge in [-0.05, 0) is 37.6 Å². The highest BCUT2D eigenvalue weighted by molar-refractivity contribution is 9.10. The van der Waals surface area contributed by atoms with Crippen molar-refractivity contribution in [3.8, 4) is 5.75 Å². The molecule has 0 radical (unpaired) electrons. The summed E-state index contributed by atoms with van der Waals surface area (Å²) in [5, 5.41) is 3.63. The third kappa shape index (κ3) is 4.76. The van der Waals surface area contributed by atoms with Crippen LogP contribution < -0.4 is 10.1 Å². The van der Waals surface area contributed by atoms with E-state index >= 15 is 0 Å². The summed E-state index contributed by atoms with van der Waals surface area (Å²) in [4.78, 5) is 2.54. The smallest absolute Gasteiger partial charge is 0.119 e. The Bertz CT molecular complexity index is 396. The largest absolute Gasteiger partial charge is 0.492 e. The Balaban J connectivity index is 1.75. The molecule has 0 spiro atoms. The van der Waals surface area contributed by atoms with Crippen molar-refractivity contribution in [3.63, 3.8) is 0 Å². The van der Waals surface area contributed by atoms with Gasteiger partial charge in [0.25, 0.3) is 0 Å². The Morgan fingerprint density at radius 3 is 2.80 bits per heavy atom. The molecule has 3 nitrogen and oxygen atoms in total. The molecule has 1 fully saturated rings. The van der Waals surface area contributed by atoms with Crippen LogP contribution in [0.1, 0.15) is 26.7 Å². The summed E-state index contributed by atoms with van der Waals surface area (Å²) in [6, 6.07) is 9.27. The van der Waals surface area contributed by atoms with Crippen LogP contribution in [0.15, 0.2) is 28.7 Å². The highest BCUT2D eigenvalue weighted by Crippen LogP contribution is 2.16. The summed E-state index contributed by atoms with van der Waals surface area (Å²) < 4.78 is 6.91. The number of benzene rings is 1. The topological polar surface area (TPSA) is 24.5 Å². The van der Waals surface area contributed by atoms with Gasteiger partial charge < -0.3 is 10.1 Å². The molecule has 2 atom stereocenters. The second-order valence-corrected chi connectivity index (χ2v) is 6.46. The molecule has 0 bridgehead atoms. The van der Waals surface area contributed by atoms with Gasteiger partial charge in [-0.2, -0.15) is 0 Å². The number of rotatable bonds is 6. The minimum absolute atomic E-state index is 0.594. The normalized spacial score (nSPS) is 23.8. The lowest BCUT2D eigenvalue weighted by atomic mass is 10.1. The number of halogens is 1. The van der Waals surface area contributed by atoms with Gasteiger partial charge in [0.2, 0.25) is 0 Å². The van der Waals surface area contributed by atoms with Crippen LogP contribution in [0.25, 0.3) is 0 Å². The van der Waals surface area contributed by atoms with Crippen molar-refractivity contribution in [1.29, 1.82) is 0 Å². The lowest BCUT2D eigenvalue weighted by Crippen LogP contribution is -2.56. The van der Waals surface area contributed by atoms with Crippen LogP contribution in [0.2, 0.25) is 0 Å². The van der Waals surface area contributed by atoms with E-state index in [4.69, 9.17) is 4.74 Å². The standard InChI is InChI=1S/C16H25BrN2O/c1-3-4-15-12-19(13(2)11-18-15)9-10-20-16-7-5-14(17)6-8-16/h5-8,13,15,18H,3-4,9-12H2,1-2H3. The average molecular weight is 341 g/mol. The SMILES string of the molecule is CCCC1CN(CCOc2ccc(Br)cc2)C(C)CN1. The molecular weight excluding hydrogens is 316 g/mol. The number of hydrogen-bond donors (Lipinski definition) is 1. The van der Waals surface area contributed by atoms with E-state index in [9.17, 15) is 0 Å². The van der Waals surface area contributed by atoms with E-state index in [0.29, 0.717) is 12.1 Å². The molecule has 0 amide bonds. The van der Waals surface area contributed by atoms with E-state index < -0.39 is 0 Å². The van der Waals surface area contributed by atoms with Crippen LogP contribution in [0.5, 0.6) is 5.75 Å². The molecular formula is C16H25BrN2O. The summed E-state index contributed by atoms with van der Waals surface area (Å²) in [6.45, 7) is 8.51. The Morgan fingerprint density at radius 1 is 1.35 bits per heavy atom. The Morgan fingerprint density at radius 2 is 2.10 bits per heavy atom. The van der Waals surface area contributed by atoms with E-state index in [1.807, 2.05) is 24.3 Å². The Labute approximate surface area is 130 Å². The van der Waals surface area contributed by atoms with E-state index in [-0.39, 0.29) is 0 Å². The van der Waals surface area contributed by atoms with Crippen molar-refractivity contribution in [2.24, 2.45) is 0 Å². The van der Waals surface area contributed by atoms with E-state index in [0.717, 1.165) is 36.5 Å². The first-order valence-corrected chi connectivity index (χ1v) is 8.34. The number of piperazine rings is 1. The van der Waals surface area contributed by atoms with Gasteiger partial charge in [-0.1, -0.05) is 29.3 Å². The lowest BCUT2D eigenvalue weighted by Gasteiger charge is -2.38. The predicted molar refractivity (Wildman–Crippen MR) is 87.4 cm³/mol. The van der Waals surface area contributed by atoms with Gasteiger partial charge in [-0.3, -0.25) is 4.90 Å². The van der Waals surface area contributed by atoms with Crippen LogP contribution in [0.3, 0.4) is 0 Å². The fourth-order valence-electron chi connectivity index (χ4n) is 2.66. The highest BCUT2D eigenvalue weighted by Gasteiger charge is 2.23. The number of nitrogens with zero attached hydrogens (tertiary/aromatic N) is 1. The molecule has 2 unspecified atom stereocenters. The minimum atomic E-state index is 0.594. The van der Waals surface area contributed by atoms with Gasteiger partial charge >= 0.3 is 0 Å². The third-order valence-corrected chi connectivity index (χ3v) is 4.41. The van der Waals surface area contributed by atoms with Gasteiger partial charge in [0.05, 0.1) is 0 Å². The first kappa shape index (κ1) is 15.8. The average Bonchev–Trinajstić information content (AvgIpc) is 2.45. The fourth-order valence-corrected chi connectivity index (χ4v) is 2.92. The van der Waals surface area contributed by atoms with Gasteiger partial charge in [0.1, 0.15) is 12.4 Å². The second kappa shape index (κ2) is 8.01. The molecule has 0 aromatic heterocycles. The molecule has 1 heterocycles. The first-order valence-electron chi connectivity index (χ1n) is 7.55. The van der Waals surface area contributed by atoms with Crippen molar-refractivity contribution >= 4 is 15.9 Å². The van der Waals surface area contributed by atoms with Crippen LogP contribution in [-0.2, 0) is 0 Å². The summed E-state index contributed by atoms with van der Waals surface area (Å²) in [5.41, 5.74) is 0. The lowest BCUT2D eigenvalue weighted by molar-refractivity contribution is 0.115. The molecule has 20 heavy (non-hydrogen) atoms. The zero-order valence-corrected chi connectivity index (χ0v) is 14.0. The molecule has 2 rings (SSSR count). The van der Waals surface area contributed by atoms with Crippen molar-refractivity contribution in [1.82, 2.24) is 10.2 Å². The molecule has 0 aliphatic carbocycles. The van der Waals surface area contributed by atoms with Crippen LogP contribution in [0, 0.1) is 0 Å². The van der Waals surface area contributed by atoms with Gasteiger partial charge in [0, 0.05) is 36.2 Å². The maximum Gasteiger partial charge on any atom is 0.119 e. The van der Waals surface area contributed by atoms with E-state index in [1.54, 1.807) is 0 Å². The third-order valence-electron chi connectivity index (χ3n) is 3.88. The molecule has 0 saturated carbocycles. The molecule has 112 valence electrons. The minimum Gasteiger partial charge on any atom is -0.492 e. The molecule has 1 aliphatic rings. The maximum absolute atomic E-state index is 5.82. The van der Waals surface area contributed by atoms with Crippen LogP contribution in [-0.4, -0.2) is 43.2 Å². The van der Waals surface area contributed by atoms with Gasteiger partial charge in [0.15, 0.2) is 0 Å². The Hall–Kier alpha value is -0.580. The summed E-state index contributed by atoms with van der Waals surface area (Å²) >= 11 is 3.43. The second-order valence-electron chi connectivity index (χ2n) is 5.54. The van der Waals surface area contributed by atoms with Gasteiger partial charge in [-0.25, -0.2) is 0 Å². The van der Waals surface area contributed by atoms with Crippen molar-refractivity contribution < 1.29 is 4.74 Å². The summed E-state index contributed by atoms with van der Waals surface area (Å²) in [7, 11) is 0. The first-order chi connectivity index (χ1) is 9.69. The summed E-state index contributed by atoms with van der Waals surface area (Å²) in [5.74, 6) is 0.945. The van der Waals surface area contributed by atoms with Crippen LogP contribution >= 0.6 is 15.9 Å². The fraction of sp³-hybridized carbons (Fsp3) is 0.625. The summed E-state index contributed by atoms with van der Waals surface area (Å²) in [6.07, 6.45) is 2.51. The predicted octanol–water partition coefficient (Wildman–Crippen LogP) is 3.29. The molecule has 1 aliphatic heterocycles. The van der Waals surface area contributed by atoms with Crippen LogP contribution in [0.4, 0.5) is 0 Å². The number of hydrogen-bond acceptors (Lipinski definition) is 3.